The summed E-state index contributed by atoms with van der Waals surface area (Å²) in [5.41, 5.74) is 9.29. The van der Waals surface area contributed by atoms with Gasteiger partial charge in [0.15, 0.2) is 11.4 Å². The van der Waals surface area contributed by atoms with Crippen molar-refractivity contribution >= 4 is 46.2 Å². The fraction of sp³-hybridized carbons (Fsp3) is 0.368. The molecule has 3 rings (SSSR count). The SMILES string of the molecule is CSc1scc(C)[n+]1-c1cc(-[n+]2c(C)csc2SC)c(C)c(C)c1C.[I-].[I-]. The normalized spacial score (nSPS) is 10.5. The molecule has 0 aliphatic rings. The highest BCUT2D eigenvalue weighted by Gasteiger charge is 2.29. The maximum Gasteiger partial charge on any atom is 0.303 e. The molecule has 8 heteroatoms. The number of nitrogens with zero attached hydrogens (tertiary/aromatic N) is 2. The van der Waals surface area contributed by atoms with E-state index >= 15 is 0 Å². The van der Waals surface area contributed by atoms with Crippen LogP contribution in [0.4, 0.5) is 0 Å². The highest BCUT2D eigenvalue weighted by molar-refractivity contribution is 8.00. The topological polar surface area (TPSA) is 7.76 Å². The molecule has 0 fully saturated rings. The summed E-state index contributed by atoms with van der Waals surface area (Å²) in [6, 6.07) is 2.37. The highest BCUT2D eigenvalue weighted by atomic mass is 127. The van der Waals surface area contributed by atoms with Gasteiger partial charge in [0.2, 0.25) is 11.4 Å². The monoisotopic (exact) mass is 662 g/mol. The minimum atomic E-state index is 0. The zero-order valence-electron chi connectivity index (χ0n) is 16.5. The Balaban J connectivity index is 0.00000182. The Morgan fingerprint density at radius 1 is 0.667 bits per heavy atom. The quantitative estimate of drug-likeness (QED) is 0.209. The van der Waals surface area contributed by atoms with Gasteiger partial charge in [0, 0.05) is 25.0 Å². The molecule has 2 aromatic heterocycles. The first kappa shape index (κ1) is 25.7. The van der Waals surface area contributed by atoms with E-state index in [2.05, 4.69) is 73.1 Å². The van der Waals surface area contributed by atoms with Crippen LogP contribution >= 0.6 is 46.2 Å². The third-order valence-electron chi connectivity index (χ3n) is 4.73. The Kier molecular flexibility index (Phi) is 10.1. The molecule has 0 unspecified atom stereocenters. The number of hydrogen-bond donors (Lipinski definition) is 0. The summed E-state index contributed by atoms with van der Waals surface area (Å²) in [5, 5.41) is 4.49. The number of aromatic nitrogens is 2. The van der Waals surface area contributed by atoms with E-state index < -0.39 is 0 Å². The molecule has 0 atom stereocenters. The number of halogens is 2. The van der Waals surface area contributed by atoms with Gasteiger partial charge in [-0.2, -0.15) is 0 Å². The third-order valence-corrected chi connectivity index (χ3v) is 9.06. The van der Waals surface area contributed by atoms with E-state index in [1.807, 2.05) is 46.2 Å². The molecule has 0 bridgehead atoms. The zero-order valence-corrected chi connectivity index (χ0v) is 24.1. The van der Waals surface area contributed by atoms with Crippen LogP contribution in [-0.2, 0) is 0 Å². The minimum Gasteiger partial charge on any atom is -1.00 e. The summed E-state index contributed by atoms with van der Waals surface area (Å²) in [5.74, 6) is 0. The molecule has 27 heavy (non-hydrogen) atoms. The van der Waals surface area contributed by atoms with Crippen LogP contribution in [0.3, 0.4) is 0 Å². The predicted octanol–water partition coefficient (Wildman–Crippen LogP) is -0.643. The summed E-state index contributed by atoms with van der Waals surface area (Å²) in [7, 11) is 0. The van der Waals surface area contributed by atoms with Crippen molar-refractivity contribution in [2.24, 2.45) is 0 Å². The van der Waals surface area contributed by atoms with Crippen LogP contribution < -0.4 is 57.1 Å². The van der Waals surface area contributed by atoms with Crippen LogP contribution in [0.15, 0.2) is 25.5 Å². The molecule has 0 saturated heterocycles. The fourth-order valence-electron chi connectivity index (χ4n) is 3.10. The molecule has 0 spiro atoms. The largest absolute Gasteiger partial charge is 1.00 e. The predicted molar refractivity (Wildman–Crippen MR) is 113 cm³/mol. The van der Waals surface area contributed by atoms with Gasteiger partial charge < -0.3 is 48.0 Å². The third kappa shape index (κ3) is 4.70. The first-order valence-corrected chi connectivity index (χ1v) is 12.3. The van der Waals surface area contributed by atoms with E-state index in [1.54, 1.807) is 0 Å². The van der Waals surface area contributed by atoms with Gasteiger partial charge in [-0.05, 0) is 62.4 Å². The van der Waals surface area contributed by atoms with Crippen LogP contribution in [0.25, 0.3) is 11.4 Å². The van der Waals surface area contributed by atoms with Crippen molar-refractivity contribution in [2.45, 2.75) is 43.3 Å². The van der Waals surface area contributed by atoms with Crippen molar-refractivity contribution in [3.05, 3.63) is 44.9 Å². The van der Waals surface area contributed by atoms with Gasteiger partial charge in [0.25, 0.3) is 0 Å². The standard InChI is InChI=1S/C19H24N2S4.2HI/c1-11-9-24-18(22-6)20(11)16-8-17(15(5)13(3)14(16)4)21-12(2)10-25-19(21)23-7;;/h8-10H,1-7H3;2*1H/q+2;;/p-2. The molecule has 148 valence electrons. The second-order valence-electron chi connectivity index (χ2n) is 6.15. The second-order valence-corrected chi connectivity index (χ2v) is 9.98. The highest BCUT2D eigenvalue weighted by Crippen LogP contribution is 2.29. The average molecular weight is 662 g/mol. The number of thioether (sulfide) groups is 2. The maximum absolute atomic E-state index is 2.40. The van der Waals surface area contributed by atoms with Crippen LogP contribution in [0.2, 0.25) is 0 Å². The van der Waals surface area contributed by atoms with Gasteiger partial charge in [0.05, 0.1) is 16.8 Å². The van der Waals surface area contributed by atoms with Crippen molar-refractivity contribution in [1.82, 2.24) is 0 Å². The minimum absolute atomic E-state index is 0. The Morgan fingerprint density at radius 3 is 1.37 bits per heavy atom. The van der Waals surface area contributed by atoms with E-state index in [9.17, 15) is 0 Å². The zero-order chi connectivity index (χ0) is 18.3. The summed E-state index contributed by atoms with van der Waals surface area (Å²) in [4.78, 5) is 0. The Bertz CT molecular complexity index is 875. The number of rotatable bonds is 4. The molecule has 0 saturated carbocycles. The molecular weight excluding hydrogens is 638 g/mol. The average Bonchev–Trinajstić information content (AvgIpc) is 3.16. The molecule has 0 radical (unpaired) electrons. The lowest BCUT2D eigenvalue weighted by molar-refractivity contribution is -0.643. The first-order chi connectivity index (χ1) is 11.9. The molecule has 0 aliphatic heterocycles. The Labute approximate surface area is 213 Å². The molecule has 3 aromatic rings. The smallest absolute Gasteiger partial charge is 0.303 e. The molecule has 2 heterocycles. The Hall–Kier alpha value is 0.640. The number of aryl methyl sites for hydroxylation is 2. The van der Waals surface area contributed by atoms with Gasteiger partial charge in [-0.1, -0.05) is 22.7 Å². The van der Waals surface area contributed by atoms with Crippen molar-refractivity contribution in [2.75, 3.05) is 12.5 Å². The van der Waals surface area contributed by atoms with E-state index in [4.69, 9.17) is 0 Å². The lowest BCUT2D eigenvalue weighted by Crippen LogP contribution is -3.00. The lowest BCUT2D eigenvalue weighted by atomic mass is 10.00. The number of hydrogen-bond acceptors (Lipinski definition) is 4. The molecule has 1 aromatic carbocycles. The first-order valence-electron chi connectivity index (χ1n) is 8.10. The molecule has 0 N–H and O–H groups in total. The number of benzene rings is 1. The number of thiazole rings is 2. The van der Waals surface area contributed by atoms with Gasteiger partial charge in [-0.3, -0.25) is 0 Å². The van der Waals surface area contributed by atoms with Crippen LogP contribution in [0, 0.1) is 34.6 Å². The summed E-state index contributed by atoms with van der Waals surface area (Å²) in [6.45, 7) is 11.1. The van der Waals surface area contributed by atoms with Crippen LogP contribution in [0.5, 0.6) is 0 Å². The van der Waals surface area contributed by atoms with E-state index in [0.717, 1.165) is 0 Å². The van der Waals surface area contributed by atoms with Crippen molar-refractivity contribution in [3.8, 4) is 11.4 Å². The van der Waals surface area contributed by atoms with Gasteiger partial charge in [-0.15, -0.1) is 9.13 Å². The van der Waals surface area contributed by atoms with E-state index in [1.165, 1.54) is 48.1 Å². The summed E-state index contributed by atoms with van der Waals surface area (Å²) < 4.78 is 7.46. The molecule has 0 aliphatic carbocycles. The van der Waals surface area contributed by atoms with E-state index in [-0.39, 0.29) is 48.0 Å². The van der Waals surface area contributed by atoms with Crippen LogP contribution in [-0.4, -0.2) is 12.5 Å². The molecule has 0 amide bonds. The van der Waals surface area contributed by atoms with Gasteiger partial charge >= 0.3 is 8.68 Å². The molecule has 2 nitrogen and oxygen atoms in total. The van der Waals surface area contributed by atoms with Crippen LogP contribution in [0.1, 0.15) is 28.1 Å². The van der Waals surface area contributed by atoms with Crippen molar-refractivity contribution in [3.63, 3.8) is 0 Å². The molecular formula is C19H24I2N2S4. The second kappa shape index (κ2) is 10.6. The van der Waals surface area contributed by atoms with Gasteiger partial charge in [0.1, 0.15) is 0 Å². The van der Waals surface area contributed by atoms with Crippen molar-refractivity contribution < 1.29 is 57.1 Å². The summed E-state index contributed by atoms with van der Waals surface area (Å²) in [6.07, 6.45) is 4.31. The fourth-order valence-corrected chi connectivity index (χ4v) is 6.46. The summed E-state index contributed by atoms with van der Waals surface area (Å²) >= 11 is 7.28. The Morgan fingerprint density at radius 2 is 1.04 bits per heavy atom. The van der Waals surface area contributed by atoms with E-state index in [0.29, 0.717) is 0 Å². The van der Waals surface area contributed by atoms with Crippen molar-refractivity contribution in [1.29, 1.82) is 0 Å². The van der Waals surface area contributed by atoms with Gasteiger partial charge in [-0.25, -0.2) is 0 Å². The maximum atomic E-state index is 2.40. The lowest BCUT2D eigenvalue weighted by Gasteiger charge is -2.10.